The number of carbonyl (C=O) groups is 2. The van der Waals surface area contributed by atoms with Gasteiger partial charge in [0.25, 0.3) is 11.6 Å². The highest BCUT2D eigenvalue weighted by Gasteiger charge is 2.55. The highest BCUT2D eigenvalue weighted by Crippen LogP contribution is 2.50. The van der Waals surface area contributed by atoms with Crippen molar-refractivity contribution < 1.29 is 28.7 Å². The third-order valence-electron chi connectivity index (χ3n) is 6.40. The number of non-ortho nitro benzene ring substituents is 1. The number of hydrogen-bond acceptors (Lipinski definition) is 7. The van der Waals surface area contributed by atoms with Crippen molar-refractivity contribution in [3.05, 3.63) is 45.7 Å². The van der Waals surface area contributed by atoms with Crippen LogP contribution in [0.1, 0.15) is 77.8 Å². The maximum absolute atomic E-state index is 13.1. The first-order valence-corrected chi connectivity index (χ1v) is 12.0. The molecule has 0 aliphatic carbocycles. The second-order valence-corrected chi connectivity index (χ2v) is 8.84. The van der Waals surface area contributed by atoms with Crippen LogP contribution in [-0.2, 0) is 19.1 Å². The monoisotopic (exact) mass is 474 g/mol. The maximum atomic E-state index is 13.1. The molecule has 0 saturated carbocycles. The van der Waals surface area contributed by atoms with Crippen LogP contribution in [0.2, 0.25) is 0 Å². The Morgan fingerprint density at radius 1 is 1.24 bits per heavy atom. The number of nitro groups is 1. The van der Waals surface area contributed by atoms with E-state index in [9.17, 15) is 19.7 Å². The summed E-state index contributed by atoms with van der Waals surface area (Å²) in [5.41, 5.74) is -0.517. The summed E-state index contributed by atoms with van der Waals surface area (Å²) in [6, 6.07) is 3.67. The molecule has 2 heterocycles. The molecule has 0 fully saturated rings. The standard InChI is InChI=1S/C25H34N2O7/c1-5-8-12-25(13-9-6-2)24(33-17(4)28)23(26-16-19(32-7-3)15-22(26)29)20-14-18(27(30)31)10-11-21(20)34-25/h10-11,14-15,23-24H,5-9,12-13,16H2,1-4H3/t23-,24+/m1/s1. The average molecular weight is 475 g/mol. The molecular weight excluding hydrogens is 440 g/mol. The lowest BCUT2D eigenvalue weighted by Gasteiger charge is -2.50. The van der Waals surface area contributed by atoms with E-state index in [0.29, 0.717) is 36.5 Å². The van der Waals surface area contributed by atoms with Gasteiger partial charge in [0.2, 0.25) is 0 Å². The number of ether oxygens (including phenoxy) is 3. The minimum Gasteiger partial charge on any atom is -0.496 e. The van der Waals surface area contributed by atoms with Crippen molar-refractivity contribution in [1.82, 2.24) is 4.90 Å². The Kier molecular flexibility index (Phi) is 8.17. The Hall–Kier alpha value is -3.10. The lowest BCUT2D eigenvalue weighted by molar-refractivity contribution is -0.385. The molecule has 1 aromatic carbocycles. The van der Waals surface area contributed by atoms with Crippen LogP contribution in [0.4, 0.5) is 5.69 Å². The van der Waals surface area contributed by atoms with Gasteiger partial charge in [0, 0.05) is 30.7 Å². The van der Waals surface area contributed by atoms with Gasteiger partial charge in [-0.05, 0) is 38.7 Å². The van der Waals surface area contributed by atoms with Crippen molar-refractivity contribution in [3.63, 3.8) is 0 Å². The smallest absolute Gasteiger partial charge is 0.303 e. The molecule has 0 aromatic heterocycles. The fourth-order valence-corrected chi connectivity index (χ4v) is 4.87. The molecule has 1 amide bonds. The van der Waals surface area contributed by atoms with E-state index < -0.39 is 28.6 Å². The van der Waals surface area contributed by atoms with Gasteiger partial charge in [-0.2, -0.15) is 0 Å². The number of nitrogens with zero attached hydrogens (tertiary/aromatic N) is 2. The van der Waals surface area contributed by atoms with Gasteiger partial charge < -0.3 is 19.1 Å². The van der Waals surface area contributed by atoms with E-state index in [4.69, 9.17) is 14.2 Å². The zero-order valence-electron chi connectivity index (χ0n) is 20.4. The van der Waals surface area contributed by atoms with Gasteiger partial charge in [0.05, 0.1) is 18.1 Å². The Morgan fingerprint density at radius 3 is 2.47 bits per heavy atom. The third kappa shape index (κ3) is 5.18. The first kappa shape index (κ1) is 25.5. The fourth-order valence-electron chi connectivity index (χ4n) is 4.87. The highest BCUT2D eigenvalue weighted by atomic mass is 16.6. The minimum absolute atomic E-state index is 0.117. The summed E-state index contributed by atoms with van der Waals surface area (Å²) in [6.45, 7) is 7.92. The molecule has 1 aromatic rings. The maximum Gasteiger partial charge on any atom is 0.303 e. The summed E-state index contributed by atoms with van der Waals surface area (Å²) in [5, 5.41) is 11.6. The third-order valence-corrected chi connectivity index (χ3v) is 6.40. The quantitative estimate of drug-likeness (QED) is 0.256. The van der Waals surface area contributed by atoms with Crippen molar-refractivity contribution in [1.29, 1.82) is 0 Å². The van der Waals surface area contributed by atoms with Gasteiger partial charge in [0.1, 0.15) is 23.2 Å². The molecule has 2 atom stereocenters. The molecular formula is C25H34N2O7. The molecule has 0 unspecified atom stereocenters. The number of esters is 1. The van der Waals surface area contributed by atoms with Crippen molar-refractivity contribution in [2.24, 2.45) is 0 Å². The summed E-state index contributed by atoms with van der Waals surface area (Å²) >= 11 is 0. The lowest BCUT2D eigenvalue weighted by Crippen LogP contribution is -2.59. The van der Waals surface area contributed by atoms with Gasteiger partial charge in [-0.3, -0.25) is 19.7 Å². The number of carbonyl (C=O) groups excluding carboxylic acids is 2. The second-order valence-electron chi connectivity index (χ2n) is 8.84. The molecule has 34 heavy (non-hydrogen) atoms. The summed E-state index contributed by atoms with van der Waals surface area (Å²) in [7, 11) is 0. The summed E-state index contributed by atoms with van der Waals surface area (Å²) in [6.07, 6.45) is 5.38. The van der Waals surface area contributed by atoms with Crippen molar-refractivity contribution in [2.45, 2.75) is 84.0 Å². The van der Waals surface area contributed by atoms with Crippen LogP contribution in [0.3, 0.4) is 0 Å². The van der Waals surface area contributed by atoms with Gasteiger partial charge in [-0.15, -0.1) is 0 Å². The minimum atomic E-state index is -0.861. The van der Waals surface area contributed by atoms with E-state index in [2.05, 4.69) is 13.8 Å². The van der Waals surface area contributed by atoms with Crippen molar-refractivity contribution >= 4 is 17.6 Å². The van der Waals surface area contributed by atoms with Crippen molar-refractivity contribution in [3.8, 4) is 5.75 Å². The SMILES string of the molecule is CCCCC1(CCCC)Oc2ccc([N+](=O)[O-])cc2[C@@H](N2CC(OCC)=CC2=O)[C@@H]1OC(C)=O. The highest BCUT2D eigenvalue weighted by molar-refractivity contribution is 5.91. The van der Waals surface area contributed by atoms with Crippen LogP contribution in [0.25, 0.3) is 0 Å². The van der Waals surface area contributed by atoms with Gasteiger partial charge in [-0.25, -0.2) is 0 Å². The van der Waals surface area contributed by atoms with Gasteiger partial charge in [0.15, 0.2) is 6.10 Å². The number of rotatable bonds is 11. The van der Waals surface area contributed by atoms with E-state index >= 15 is 0 Å². The van der Waals surface area contributed by atoms with Gasteiger partial charge in [-0.1, -0.05) is 26.7 Å². The first-order chi connectivity index (χ1) is 16.3. The molecule has 0 saturated heterocycles. The van der Waals surface area contributed by atoms with Crippen LogP contribution in [0.15, 0.2) is 30.0 Å². The van der Waals surface area contributed by atoms with Crippen LogP contribution in [0, 0.1) is 10.1 Å². The number of hydrogen-bond donors (Lipinski definition) is 0. The Balaban J connectivity index is 2.19. The van der Waals surface area contributed by atoms with Crippen LogP contribution in [0.5, 0.6) is 5.75 Å². The Bertz CT molecular complexity index is 951. The van der Waals surface area contributed by atoms with E-state index in [1.165, 1.54) is 25.1 Å². The van der Waals surface area contributed by atoms with E-state index in [1.54, 1.807) is 11.0 Å². The zero-order chi connectivity index (χ0) is 24.9. The van der Waals surface area contributed by atoms with Crippen LogP contribution < -0.4 is 4.74 Å². The Labute approximate surface area is 200 Å². The molecule has 9 heteroatoms. The predicted molar refractivity (Wildman–Crippen MR) is 125 cm³/mol. The molecule has 0 bridgehead atoms. The topological polar surface area (TPSA) is 108 Å². The summed E-state index contributed by atoms with van der Waals surface area (Å²) in [5.74, 6) is 0.212. The second kappa shape index (κ2) is 10.9. The average Bonchev–Trinajstić information content (AvgIpc) is 3.15. The number of unbranched alkanes of at least 4 members (excludes halogenated alkanes) is 2. The number of amides is 1. The van der Waals surface area contributed by atoms with E-state index in [0.717, 1.165) is 25.7 Å². The number of fused-ring (bicyclic) bond motifs is 1. The Morgan fingerprint density at radius 2 is 1.91 bits per heavy atom. The zero-order valence-corrected chi connectivity index (χ0v) is 20.4. The molecule has 3 rings (SSSR count). The van der Waals surface area contributed by atoms with E-state index in [-0.39, 0.29) is 18.1 Å². The first-order valence-electron chi connectivity index (χ1n) is 12.0. The van der Waals surface area contributed by atoms with E-state index in [1.807, 2.05) is 6.92 Å². The molecule has 186 valence electrons. The lowest BCUT2D eigenvalue weighted by atomic mass is 9.77. The van der Waals surface area contributed by atoms with Crippen molar-refractivity contribution in [2.75, 3.05) is 13.2 Å². The molecule has 2 aliphatic rings. The van der Waals surface area contributed by atoms with Crippen LogP contribution in [-0.4, -0.2) is 46.6 Å². The largest absolute Gasteiger partial charge is 0.496 e. The molecule has 0 N–H and O–H groups in total. The fraction of sp³-hybridized carbons (Fsp3) is 0.600. The number of nitro benzene ring substituents is 1. The van der Waals surface area contributed by atoms with Gasteiger partial charge >= 0.3 is 5.97 Å². The molecule has 2 aliphatic heterocycles. The molecule has 0 spiro atoms. The summed E-state index contributed by atoms with van der Waals surface area (Å²) in [4.78, 5) is 38.1. The molecule has 0 radical (unpaired) electrons. The normalized spacial score (nSPS) is 20.9. The number of benzene rings is 1. The predicted octanol–water partition coefficient (Wildman–Crippen LogP) is 4.84. The van der Waals surface area contributed by atoms with Crippen LogP contribution >= 0.6 is 0 Å². The molecule has 9 nitrogen and oxygen atoms in total. The summed E-state index contributed by atoms with van der Waals surface area (Å²) < 4.78 is 18.1.